The fourth-order valence-electron chi connectivity index (χ4n) is 2.97. The van der Waals surface area contributed by atoms with Crippen molar-refractivity contribution in [3.8, 4) is 5.82 Å². The number of ether oxygens (including phenoxy) is 1. The molecule has 1 amide bonds. The second kappa shape index (κ2) is 9.82. The number of rotatable bonds is 4. The summed E-state index contributed by atoms with van der Waals surface area (Å²) < 4.78 is 45.2. The first kappa shape index (κ1) is 23.9. The van der Waals surface area contributed by atoms with Crippen molar-refractivity contribution < 1.29 is 22.7 Å². The fourth-order valence-corrected chi connectivity index (χ4v) is 3.21. The van der Waals surface area contributed by atoms with Crippen LogP contribution in [0.1, 0.15) is 27.7 Å². The number of aromatic nitrogens is 4. The second-order valence-electron chi connectivity index (χ2n) is 6.69. The third-order valence-corrected chi connectivity index (χ3v) is 4.85. The number of benzene rings is 1. The van der Waals surface area contributed by atoms with E-state index in [0.717, 1.165) is 23.0 Å². The van der Waals surface area contributed by atoms with Gasteiger partial charge < -0.3 is 15.4 Å². The predicted molar refractivity (Wildman–Crippen MR) is 112 cm³/mol. The fraction of sp³-hybridized carbons (Fsp3) is 0.263. The summed E-state index contributed by atoms with van der Waals surface area (Å²) in [5.74, 6) is -0.700. The van der Waals surface area contributed by atoms with Gasteiger partial charge in [-0.25, -0.2) is 9.67 Å². The Hall–Kier alpha value is -2.73. The molecule has 1 aromatic carbocycles. The molecule has 8 nitrogen and oxygen atoms in total. The SMILES string of the molecule is Cl.O=C(Nc1ccc([C@H]2CNCCO2)cc1Cl)c1cnn(-c2cncc(C(F)(F)F)n2)c1. The molecule has 0 saturated carbocycles. The summed E-state index contributed by atoms with van der Waals surface area (Å²) in [5.41, 5.74) is 0.214. The third-order valence-electron chi connectivity index (χ3n) is 4.53. The number of hydrogen-bond acceptors (Lipinski definition) is 6. The van der Waals surface area contributed by atoms with Gasteiger partial charge in [0.15, 0.2) is 11.5 Å². The molecule has 1 aliphatic heterocycles. The van der Waals surface area contributed by atoms with Gasteiger partial charge in [-0.2, -0.15) is 18.3 Å². The van der Waals surface area contributed by atoms with Crippen molar-refractivity contribution >= 4 is 35.6 Å². The highest BCUT2D eigenvalue weighted by atomic mass is 35.5. The number of anilines is 1. The van der Waals surface area contributed by atoms with Gasteiger partial charge >= 0.3 is 6.18 Å². The zero-order chi connectivity index (χ0) is 22.0. The molecule has 4 rings (SSSR count). The first-order chi connectivity index (χ1) is 14.8. The van der Waals surface area contributed by atoms with Crippen molar-refractivity contribution in [2.24, 2.45) is 0 Å². The van der Waals surface area contributed by atoms with Crippen LogP contribution in [0.4, 0.5) is 18.9 Å². The summed E-state index contributed by atoms with van der Waals surface area (Å²) in [7, 11) is 0. The number of alkyl halides is 3. The van der Waals surface area contributed by atoms with Crippen LogP contribution < -0.4 is 10.6 Å². The molecular formula is C19H17Cl2F3N6O2. The highest BCUT2D eigenvalue weighted by Crippen LogP contribution is 2.29. The highest BCUT2D eigenvalue weighted by molar-refractivity contribution is 6.34. The minimum absolute atomic E-state index is 0. The Bertz CT molecular complexity index is 1100. The molecule has 0 radical (unpaired) electrons. The second-order valence-corrected chi connectivity index (χ2v) is 7.10. The Morgan fingerprint density at radius 1 is 1.28 bits per heavy atom. The molecule has 1 atom stereocenters. The van der Waals surface area contributed by atoms with Crippen molar-refractivity contribution in [2.45, 2.75) is 12.3 Å². The van der Waals surface area contributed by atoms with E-state index < -0.39 is 17.8 Å². The Morgan fingerprint density at radius 3 is 2.78 bits per heavy atom. The van der Waals surface area contributed by atoms with Crippen LogP contribution in [0.25, 0.3) is 5.82 Å². The average Bonchev–Trinajstić information content (AvgIpc) is 3.26. The largest absolute Gasteiger partial charge is 0.434 e. The van der Waals surface area contributed by atoms with E-state index >= 15 is 0 Å². The summed E-state index contributed by atoms with van der Waals surface area (Å²) in [4.78, 5) is 19.6. The lowest BCUT2D eigenvalue weighted by molar-refractivity contribution is -0.141. The minimum atomic E-state index is -4.64. The third kappa shape index (κ3) is 5.36. The van der Waals surface area contributed by atoms with Crippen LogP contribution in [-0.2, 0) is 10.9 Å². The van der Waals surface area contributed by atoms with E-state index in [1.807, 2.05) is 0 Å². The number of nitrogens with zero attached hydrogens (tertiary/aromatic N) is 4. The Morgan fingerprint density at radius 2 is 2.09 bits per heavy atom. The van der Waals surface area contributed by atoms with Crippen molar-refractivity contribution in [3.05, 3.63) is 64.8 Å². The maximum atomic E-state index is 12.8. The lowest BCUT2D eigenvalue weighted by atomic mass is 10.1. The van der Waals surface area contributed by atoms with E-state index in [-0.39, 0.29) is 29.9 Å². The summed E-state index contributed by atoms with van der Waals surface area (Å²) in [6.07, 6.45) is -0.576. The van der Waals surface area contributed by atoms with Gasteiger partial charge in [0.2, 0.25) is 0 Å². The minimum Gasteiger partial charge on any atom is -0.371 e. The molecule has 0 unspecified atom stereocenters. The molecule has 2 N–H and O–H groups in total. The molecule has 1 fully saturated rings. The number of amides is 1. The van der Waals surface area contributed by atoms with Crippen LogP contribution in [0.3, 0.4) is 0 Å². The molecule has 170 valence electrons. The molecule has 2 aromatic heterocycles. The van der Waals surface area contributed by atoms with E-state index in [0.29, 0.717) is 30.1 Å². The van der Waals surface area contributed by atoms with E-state index in [1.54, 1.807) is 18.2 Å². The maximum absolute atomic E-state index is 12.8. The average molecular weight is 489 g/mol. The zero-order valence-electron chi connectivity index (χ0n) is 16.3. The molecule has 1 saturated heterocycles. The molecule has 1 aliphatic rings. The maximum Gasteiger partial charge on any atom is 0.434 e. The molecule has 0 spiro atoms. The zero-order valence-corrected chi connectivity index (χ0v) is 17.8. The van der Waals surface area contributed by atoms with Crippen LogP contribution in [0.15, 0.2) is 43.0 Å². The number of carbonyl (C=O) groups is 1. The highest BCUT2D eigenvalue weighted by Gasteiger charge is 2.33. The van der Waals surface area contributed by atoms with Crippen molar-refractivity contribution in [2.75, 3.05) is 25.0 Å². The molecule has 0 aliphatic carbocycles. The van der Waals surface area contributed by atoms with Crippen LogP contribution in [0.2, 0.25) is 5.02 Å². The lowest BCUT2D eigenvalue weighted by Crippen LogP contribution is -2.33. The van der Waals surface area contributed by atoms with Crippen molar-refractivity contribution in [3.63, 3.8) is 0 Å². The van der Waals surface area contributed by atoms with Gasteiger partial charge in [-0.3, -0.25) is 9.78 Å². The Balaban J connectivity index is 0.00000289. The molecule has 13 heteroatoms. The Labute approximate surface area is 191 Å². The number of halogens is 5. The van der Waals surface area contributed by atoms with Gasteiger partial charge in [0, 0.05) is 19.3 Å². The molecule has 32 heavy (non-hydrogen) atoms. The summed E-state index contributed by atoms with van der Waals surface area (Å²) >= 11 is 6.31. The predicted octanol–water partition coefficient (Wildman–Crippen LogP) is 3.67. The van der Waals surface area contributed by atoms with Crippen LogP contribution in [0.5, 0.6) is 0 Å². The first-order valence-corrected chi connectivity index (χ1v) is 9.56. The summed E-state index contributed by atoms with van der Waals surface area (Å²) in [5, 5.41) is 10.1. The van der Waals surface area contributed by atoms with Gasteiger partial charge in [0.1, 0.15) is 0 Å². The van der Waals surface area contributed by atoms with E-state index in [2.05, 4.69) is 25.7 Å². The summed E-state index contributed by atoms with van der Waals surface area (Å²) in [6.45, 7) is 2.05. The number of nitrogens with one attached hydrogen (secondary N) is 2. The quantitative estimate of drug-likeness (QED) is 0.581. The number of hydrogen-bond donors (Lipinski definition) is 2. The molecule has 3 aromatic rings. The molecular weight excluding hydrogens is 472 g/mol. The van der Waals surface area contributed by atoms with Crippen LogP contribution >= 0.6 is 24.0 Å². The standard InChI is InChI=1S/C19H16ClF3N6O2.ClH/c20-13-5-11(15-7-24-3-4-31-15)1-2-14(13)27-18(30)12-6-26-29(10-12)17-9-25-8-16(28-17)19(21,22)23;/h1-2,5-6,8-10,15,24H,3-4,7H2,(H,27,30);1H/t15-;/m1./s1. The van der Waals surface area contributed by atoms with Crippen molar-refractivity contribution in [1.29, 1.82) is 0 Å². The van der Waals surface area contributed by atoms with Gasteiger partial charge in [-0.1, -0.05) is 17.7 Å². The van der Waals surface area contributed by atoms with Crippen molar-refractivity contribution in [1.82, 2.24) is 25.1 Å². The number of morpholine rings is 1. The smallest absolute Gasteiger partial charge is 0.371 e. The normalized spacial score (nSPS) is 16.3. The van der Waals surface area contributed by atoms with E-state index in [4.69, 9.17) is 16.3 Å². The number of carbonyl (C=O) groups excluding carboxylic acids is 1. The first-order valence-electron chi connectivity index (χ1n) is 9.18. The van der Waals surface area contributed by atoms with E-state index in [9.17, 15) is 18.0 Å². The summed E-state index contributed by atoms with van der Waals surface area (Å²) in [6, 6.07) is 5.19. The lowest BCUT2D eigenvalue weighted by Gasteiger charge is -2.24. The monoisotopic (exact) mass is 488 g/mol. The molecule has 3 heterocycles. The Kier molecular flexibility index (Phi) is 7.34. The van der Waals surface area contributed by atoms with Crippen LogP contribution in [0, 0.1) is 0 Å². The van der Waals surface area contributed by atoms with Crippen LogP contribution in [-0.4, -0.2) is 45.4 Å². The topological polar surface area (TPSA) is 94.0 Å². The van der Waals surface area contributed by atoms with Gasteiger partial charge in [-0.05, 0) is 17.7 Å². The van der Waals surface area contributed by atoms with Gasteiger partial charge in [0.25, 0.3) is 5.91 Å². The van der Waals surface area contributed by atoms with Gasteiger partial charge in [-0.15, -0.1) is 12.4 Å². The van der Waals surface area contributed by atoms with E-state index in [1.165, 1.54) is 12.4 Å². The molecule has 0 bridgehead atoms. The van der Waals surface area contributed by atoms with Gasteiger partial charge in [0.05, 0.1) is 47.6 Å².